The summed E-state index contributed by atoms with van der Waals surface area (Å²) >= 11 is 0. The molecule has 1 N–H and O–H groups in total. The first-order valence-corrected chi connectivity index (χ1v) is 7.02. The van der Waals surface area contributed by atoms with Gasteiger partial charge in [-0.25, -0.2) is 0 Å². The zero-order valence-electron chi connectivity index (χ0n) is 12.0. The Labute approximate surface area is 118 Å². The minimum absolute atomic E-state index is 0.378. The number of rotatable bonds is 5. The van der Waals surface area contributed by atoms with E-state index in [2.05, 4.69) is 32.8 Å². The van der Waals surface area contributed by atoms with Gasteiger partial charge in [-0.1, -0.05) is 0 Å². The van der Waals surface area contributed by atoms with Crippen LogP contribution in [0.15, 0.2) is 24.5 Å². The summed E-state index contributed by atoms with van der Waals surface area (Å²) in [5.74, 6) is 0. The molecule has 6 heteroatoms. The van der Waals surface area contributed by atoms with Crippen molar-refractivity contribution in [2.24, 2.45) is 0 Å². The normalized spacial score (nSPS) is 18.1. The van der Waals surface area contributed by atoms with Gasteiger partial charge in [0.2, 0.25) is 0 Å². The average Bonchev–Trinajstić information content (AvgIpc) is 2.93. The van der Waals surface area contributed by atoms with E-state index in [1.54, 1.807) is 10.9 Å². The second-order valence-corrected chi connectivity index (χ2v) is 5.63. The first-order chi connectivity index (χ1) is 9.61. The molecule has 1 fully saturated rings. The number of aliphatic hydroxyl groups excluding tert-OH is 1. The van der Waals surface area contributed by atoms with Gasteiger partial charge in [0.25, 0.3) is 0 Å². The first kappa shape index (κ1) is 13.3. The largest absolute Gasteiger partial charge is 0.390 e. The van der Waals surface area contributed by atoms with Gasteiger partial charge in [-0.3, -0.25) is 14.3 Å². The standard InChI is InChI=1S/C14H21N5O/c1-11-6-12(2)19(16-11)13-7-17(8-13)9-14(20)10-18-5-3-4-15-18/h3-6,13-14,20H,7-10H2,1-2H3/t14-/m1/s1. The molecule has 3 rings (SSSR count). The summed E-state index contributed by atoms with van der Waals surface area (Å²) in [5.41, 5.74) is 2.28. The van der Waals surface area contributed by atoms with Crippen molar-refractivity contribution in [3.05, 3.63) is 35.9 Å². The van der Waals surface area contributed by atoms with Gasteiger partial charge in [0.1, 0.15) is 0 Å². The lowest BCUT2D eigenvalue weighted by atomic mass is 10.1. The van der Waals surface area contributed by atoms with Crippen LogP contribution in [0.1, 0.15) is 17.4 Å². The monoisotopic (exact) mass is 275 g/mol. The van der Waals surface area contributed by atoms with E-state index in [-0.39, 0.29) is 6.10 Å². The van der Waals surface area contributed by atoms with Gasteiger partial charge in [0.15, 0.2) is 0 Å². The molecule has 0 amide bonds. The van der Waals surface area contributed by atoms with Gasteiger partial charge in [-0.2, -0.15) is 10.2 Å². The quantitative estimate of drug-likeness (QED) is 0.869. The van der Waals surface area contributed by atoms with Crippen LogP contribution in [0.5, 0.6) is 0 Å². The highest BCUT2D eigenvalue weighted by atomic mass is 16.3. The third-order valence-corrected chi connectivity index (χ3v) is 3.75. The smallest absolute Gasteiger partial charge is 0.0862 e. The van der Waals surface area contributed by atoms with Gasteiger partial charge in [-0.05, 0) is 26.0 Å². The Morgan fingerprint density at radius 1 is 1.35 bits per heavy atom. The van der Waals surface area contributed by atoms with Crippen molar-refractivity contribution in [2.45, 2.75) is 32.5 Å². The molecule has 2 aromatic heterocycles. The van der Waals surface area contributed by atoms with Crippen LogP contribution in [0, 0.1) is 13.8 Å². The Bertz CT molecular complexity index is 556. The van der Waals surface area contributed by atoms with Crippen molar-refractivity contribution >= 4 is 0 Å². The van der Waals surface area contributed by atoms with Crippen LogP contribution >= 0.6 is 0 Å². The zero-order valence-corrected chi connectivity index (χ0v) is 12.0. The summed E-state index contributed by atoms with van der Waals surface area (Å²) in [5, 5.41) is 18.7. The van der Waals surface area contributed by atoms with E-state index in [1.807, 2.05) is 19.2 Å². The zero-order chi connectivity index (χ0) is 14.1. The lowest BCUT2D eigenvalue weighted by Gasteiger charge is -2.40. The van der Waals surface area contributed by atoms with E-state index in [4.69, 9.17) is 0 Å². The molecule has 0 spiro atoms. The SMILES string of the molecule is Cc1cc(C)n(C2CN(C[C@@H](O)Cn3cccn3)C2)n1. The van der Waals surface area contributed by atoms with Crippen LogP contribution in [0.25, 0.3) is 0 Å². The highest BCUT2D eigenvalue weighted by Gasteiger charge is 2.30. The topological polar surface area (TPSA) is 59.1 Å². The Hall–Kier alpha value is -1.66. The van der Waals surface area contributed by atoms with Crippen LogP contribution < -0.4 is 0 Å². The highest BCUT2D eigenvalue weighted by molar-refractivity contribution is 5.09. The summed E-state index contributed by atoms with van der Waals surface area (Å²) in [6.45, 7) is 7.27. The number of likely N-dealkylation sites (tertiary alicyclic amines) is 1. The predicted molar refractivity (Wildman–Crippen MR) is 75.4 cm³/mol. The van der Waals surface area contributed by atoms with Gasteiger partial charge in [0.05, 0.1) is 24.4 Å². The van der Waals surface area contributed by atoms with Crippen LogP contribution in [-0.2, 0) is 6.54 Å². The van der Waals surface area contributed by atoms with Gasteiger partial charge in [-0.15, -0.1) is 0 Å². The minimum atomic E-state index is -0.378. The van der Waals surface area contributed by atoms with Crippen molar-refractivity contribution in [2.75, 3.05) is 19.6 Å². The fraction of sp³-hybridized carbons (Fsp3) is 0.571. The molecule has 1 aliphatic rings. The Morgan fingerprint density at radius 2 is 2.15 bits per heavy atom. The van der Waals surface area contributed by atoms with Crippen molar-refractivity contribution in [3.8, 4) is 0 Å². The number of hydrogen-bond acceptors (Lipinski definition) is 4. The van der Waals surface area contributed by atoms with Gasteiger partial charge >= 0.3 is 0 Å². The number of aryl methyl sites for hydroxylation is 2. The number of aliphatic hydroxyl groups is 1. The van der Waals surface area contributed by atoms with E-state index in [0.29, 0.717) is 19.1 Å². The van der Waals surface area contributed by atoms with E-state index in [0.717, 1.165) is 18.8 Å². The van der Waals surface area contributed by atoms with Crippen molar-refractivity contribution in [1.29, 1.82) is 0 Å². The maximum absolute atomic E-state index is 10.0. The fourth-order valence-electron chi connectivity index (χ4n) is 2.84. The summed E-state index contributed by atoms with van der Waals surface area (Å²) in [4.78, 5) is 2.26. The molecule has 0 aliphatic carbocycles. The van der Waals surface area contributed by atoms with E-state index in [9.17, 15) is 5.11 Å². The van der Waals surface area contributed by atoms with Crippen LogP contribution in [0.2, 0.25) is 0 Å². The number of β-amino-alcohol motifs (C(OH)–C–C–N with tert-alkyl or cyclic N) is 1. The first-order valence-electron chi connectivity index (χ1n) is 7.02. The maximum atomic E-state index is 10.0. The molecular formula is C14H21N5O. The average molecular weight is 275 g/mol. The van der Waals surface area contributed by atoms with Gasteiger partial charge < -0.3 is 5.11 Å². The Morgan fingerprint density at radius 3 is 2.75 bits per heavy atom. The van der Waals surface area contributed by atoms with E-state index < -0.39 is 0 Å². The molecule has 0 radical (unpaired) electrons. The molecule has 1 atom stereocenters. The summed E-state index contributed by atoms with van der Waals surface area (Å²) < 4.78 is 3.87. The molecule has 0 saturated carbocycles. The molecule has 1 saturated heterocycles. The van der Waals surface area contributed by atoms with E-state index >= 15 is 0 Å². The lowest BCUT2D eigenvalue weighted by molar-refractivity contribution is 0.0319. The molecule has 3 heterocycles. The molecule has 108 valence electrons. The third kappa shape index (κ3) is 2.76. The summed E-state index contributed by atoms with van der Waals surface area (Å²) in [6.07, 6.45) is 3.23. The van der Waals surface area contributed by atoms with Crippen LogP contribution in [0.4, 0.5) is 0 Å². The molecule has 6 nitrogen and oxygen atoms in total. The van der Waals surface area contributed by atoms with Gasteiger partial charge in [0, 0.05) is 37.7 Å². The number of aromatic nitrogens is 4. The number of nitrogens with zero attached hydrogens (tertiary/aromatic N) is 5. The predicted octanol–water partition coefficient (Wildman–Crippen LogP) is 0.614. The van der Waals surface area contributed by atoms with Crippen molar-refractivity contribution in [3.63, 3.8) is 0 Å². The second-order valence-electron chi connectivity index (χ2n) is 5.63. The van der Waals surface area contributed by atoms with Crippen molar-refractivity contribution < 1.29 is 5.11 Å². The third-order valence-electron chi connectivity index (χ3n) is 3.75. The summed E-state index contributed by atoms with van der Waals surface area (Å²) in [6, 6.07) is 4.42. The van der Waals surface area contributed by atoms with Crippen molar-refractivity contribution in [1.82, 2.24) is 24.5 Å². The second kappa shape index (κ2) is 5.38. The molecule has 0 unspecified atom stereocenters. The van der Waals surface area contributed by atoms with Crippen LogP contribution in [-0.4, -0.2) is 55.3 Å². The fourth-order valence-corrected chi connectivity index (χ4v) is 2.84. The molecule has 1 aliphatic heterocycles. The molecule has 0 bridgehead atoms. The lowest BCUT2D eigenvalue weighted by Crippen LogP contribution is -2.51. The van der Waals surface area contributed by atoms with E-state index in [1.165, 1.54) is 5.69 Å². The molecule has 0 aromatic carbocycles. The molecule has 2 aromatic rings. The Kier molecular flexibility index (Phi) is 3.58. The maximum Gasteiger partial charge on any atom is 0.0862 e. The minimum Gasteiger partial charge on any atom is -0.390 e. The molecule has 20 heavy (non-hydrogen) atoms. The van der Waals surface area contributed by atoms with Crippen LogP contribution in [0.3, 0.4) is 0 Å². The highest BCUT2D eigenvalue weighted by Crippen LogP contribution is 2.22. The molecular weight excluding hydrogens is 254 g/mol. The summed E-state index contributed by atoms with van der Waals surface area (Å²) in [7, 11) is 0. The number of hydrogen-bond donors (Lipinski definition) is 1. The Balaban J connectivity index is 1.47.